The highest BCUT2D eigenvalue weighted by Crippen LogP contribution is 2.17. The lowest BCUT2D eigenvalue weighted by atomic mass is 10.0. The highest BCUT2D eigenvalue weighted by atomic mass is 16.5. The molecular formula is C31H40N4O6. The molecule has 0 saturated heterocycles. The first-order chi connectivity index (χ1) is 19.7. The van der Waals surface area contributed by atoms with Gasteiger partial charge < -0.3 is 35.6 Å². The van der Waals surface area contributed by atoms with Crippen molar-refractivity contribution in [2.24, 2.45) is 11.5 Å². The predicted molar refractivity (Wildman–Crippen MR) is 156 cm³/mol. The van der Waals surface area contributed by atoms with Crippen molar-refractivity contribution in [3.8, 4) is 5.75 Å². The van der Waals surface area contributed by atoms with Crippen LogP contribution < -0.4 is 21.5 Å². The molecular weight excluding hydrogens is 524 g/mol. The molecule has 10 nitrogen and oxygen atoms in total. The van der Waals surface area contributed by atoms with Crippen LogP contribution in [0.1, 0.15) is 69.1 Å². The zero-order valence-electron chi connectivity index (χ0n) is 23.9. The maximum Gasteiger partial charge on any atom is 0.338 e. The number of ether oxygens (including phenoxy) is 2. The van der Waals surface area contributed by atoms with Crippen molar-refractivity contribution in [1.82, 2.24) is 10.2 Å². The summed E-state index contributed by atoms with van der Waals surface area (Å²) >= 11 is 0. The van der Waals surface area contributed by atoms with Crippen LogP contribution in [0.3, 0.4) is 0 Å². The third-order valence-electron chi connectivity index (χ3n) is 6.54. The average molecular weight is 565 g/mol. The largest absolute Gasteiger partial charge is 0.497 e. The number of nitrogens with two attached hydrogens (primary N) is 2. The number of hydrogen-bond acceptors (Lipinski definition) is 8. The lowest BCUT2D eigenvalue weighted by molar-refractivity contribution is 0.0234. The lowest BCUT2D eigenvalue weighted by Crippen LogP contribution is -2.45. The number of primary amides is 1. The quantitative estimate of drug-likeness (QED) is 0.224. The average Bonchev–Trinajstić information content (AvgIpc) is 3.49. The van der Waals surface area contributed by atoms with Crippen LogP contribution in [0.25, 0.3) is 0 Å². The molecule has 0 unspecified atom stereocenters. The van der Waals surface area contributed by atoms with Crippen LogP contribution in [0.2, 0.25) is 0 Å². The molecule has 0 aliphatic rings. The van der Waals surface area contributed by atoms with E-state index in [1.165, 1.54) is 18.2 Å². The van der Waals surface area contributed by atoms with E-state index in [1.54, 1.807) is 30.4 Å². The Hall–Kier alpha value is -4.15. The first-order valence-corrected chi connectivity index (χ1v) is 13.8. The van der Waals surface area contributed by atoms with E-state index in [4.69, 9.17) is 25.4 Å². The summed E-state index contributed by atoms with van der Waals surface area (Å²) in [6.07, 6.45) is 2.67. The van der Waals surface area contributed by atoms with E-state index in [0.29, 0.717) is 31.8 Å². The van der Waals surface area contributed by atoms with Gasteiger partial charge in [-0.25, -0.2) is 4.79 Å². The Morgan fingerprint density at radius 1 is 0.976 bits per heavy atom. The normalized spacial score (nSPS) is 12.4. The molecule has 0 bridgehead atoms. The van der Waals surface area contributed by atoms with Gasteiger partial charge in [-0.05, 0) is 60.9 Å². The van der Waals surface area contributed by atoms with Crippen molar-refractivity contribution >= 4 is 17.8 Å². The van der Waals surface area contributed by atoms with Gasteiger partial charge in [0.2, 0.25) is 5.91 Å². The second-order valence-electron chi connectivity index (χ2n) is 9.83. The van der Waals surface area contributed by atoms with Gasteiger partial charge in [0, 0.05) is 49.8 Å². The predicted octanol–water partition coefficient (Wildman–Crippen LogP) is 3.53. The zero-order chi connectivity index (χ0) is 29.8. The van der Waals surface area contributed by atoms with Crippen molar-refractivity contribution < 1.29 is 28.3 Å². The first kappa shape index (κ1) is 31.4. The van der Waals surface area contributed by atoms with Gasteiger partial charge >= 0.3 is 5.97 Å². The molecule has 41 heavy (non-hydrogen) atoms. The minimum atomic E-state index is -0.758. The number of nitrogens with zero attached hydrogens (tertiary/aromatic N) is 1. The molecule has 0 spiro atoms. The molecule has 0 aliphatic carbocycles. The number of esters is 1. The molecule has 0 radical (unpaired) electrons. The fraction of sp³-hybridized carbons (Fsp3) is 0.387. The monoisotopic (exact) mass is 564 g/mol. The maximum atomic E-state index is 13.4. The number of carbonyl (C=O) groups is 3. The number of hydrogen-bond donors (Lipinski definition) is 3. The van der Waals surface area contributed by atoms with E-state index in [9.17, 15) is 14.4 Å². The Morgan fingerprint density at radius 2 is 1.68 bits per heavy atom. The molecule has 1 aromatic heterocycles. The summed E-state index contributed by atoms with van der Waals surface area (Å²) in [6.45, 7) is 5.79. The smallest absolute Gasteiger partial charge is 0.338 e. The van der Waals surface area contributed by atoms with Crippen LogP contribution in [0.15, 0.2) is 65.3 Å². The molecule has 3 aromatic rings. The first-order valence-electron chi connectivity index (χ1n) is 13.8. The van der Waals surface area contributed by atoms with Crippen molar-refractivity contribution in [1.29, 1.82) is 0 Å². The summed E-state index contributed by atoms with van der Waals surface area (Å²) in [5.41, 5.74) is 13.3. The maximum absolute atomic E-state index is 13.4. The lowest BCUT2D eigenvalue weighted by Gasteiger charge is -2.25. The Kier molecular flexibility index (Phi) is 11.9. The van der Waals surface area contributed by atoms with E-state index in [-0.39, 0.29) is 29.1 Å². The van der Waals surface area contributed by atoms with Crippen molar-refractivity contribution in [3.05, 3.63) is 88.9 Å². The second kappa shape index (κ2) is 15.6. The summed E-state index contributed by atoms with van der Waals surface area (Å²) in [5, 5.41) is 3.29. The number of amides is 2. The topological polar surface area (TPSA) is 150 Å². The van der Waals surface area contributed by atoms with Gasteiger partial charge in [0.05, 0.1) is 18.9 Å². The molecule has 2 aromatic carbocycles. The molecule has 10 heteroatoms. The molecule has 1 heterocycles. The SMILES string of the molecule is CCCN(CCC)C(=O)c1cc(C(N)=O)cc(C(=O)O[C@H](CNCc2cccc(OC)c2)[C@@H](N)Cc2ccco2)c1. The van der Waals surface area contributed by atoms with E-state index in [2.05, 4.69) is 5.32 Å². The summed E-state index contributed by atoms with van der Waals surface area (Å²) in [6, 6.07) is 14.8. The summed E-state index contributed by atoms with van der Waals surface area (Å²) < 4.78 is 16.6. The molecule has 3 rings (SSSR count). The highest BCUT2D eigenvalue weighted by Gasteiger charge is 2.26. The van der Waals surface area contributed by atoms with Crippen molar-refractivity contribution in [2.75, 3.05) is 26.7 Å². The minimum absolute atomic E-state index is 0.0422. The number of nitrogens with one attached hydrogen (secondary N) is 1. The zero-order valence-corrected chi connectivity index (χ0v) is 23.9. The third kappa shape index (κ3) is 9.19. The number of methoxy groups -OCH3 is 1. The Labute approximate surface area is 241 Å². The number of rotatable bonds is 16. The molecule has 0 fully saturated rings. The molecule has 0 saturated carbocycles. The number of carbonyl (C=O) groups excluding carboxylic acids is 3. The number of benzene rings is 2. The molecule has 5 N–H and O–H groups in total. The third-order valence-corrected chi connectivity index (χ3v) is 6.54. The fourth-order valence-corrected chi connectivity index (χ4v) is 4.47. The van der Waals surface area contributed by atoms with Gasteiger partial charge in [-0.1, -0.05) is 26.0 Å². The van der Waals surface area contributed by atoms with Crippen molar-refractivity contribution in [2.45, 2.75) is 51.8 Å². The van der Waals surface area contributed by atoms with Gasteiger partial charge in [-0.2, -0.15) is 0 Å². The minimum Gasteiger partial charge on any atom is -0.497 e. The van der Waals surface area contributed by atoms with E-state index >= 15 is 0 Å². The van der Waals surface area contributed by atoms with Gasteiger partial charge in [-0.3, -0.25) is 9.59 Å². The van der Waals surface area contributed by atoms with Crippen LogP contribution in [-0.2, 0) is 17.7 Å². The Bertz CT molecular complexity index is 1290. The van der Waals surface area contributed by atoms with E-state index in [1.807, 2.05) is 38.1 Å². The fourth-order valence-electron chi connectivity index (χ4n) is 4.47. The standard InChI is InChI=1S/C31H40N4O6/c1-4-11-35(12-5-2)30(37)23-15-22(29(33)36)16-24(17-23)31(38)41-28(27(32)18-26-10-7-13-40-26)20-34-19-21-8-6-9-25(14-21)39-3/h6-10,13-17,27-28,34H,4-5,11-12,18-20,32H2,1-3H3,(H2,33,36)/t27-,28+/m0/s1. The molecule has 2 atom stereocenters. The van der Waals surface area contributed by atoms with Crippen molar-refractivity contribution in [3.63, 3.8) is 0 Å². The Morgan fingerprint density at radius 3 is 2.32 bits per heavy atom. The van der Waals surface area contributed by atoms with Crippen LogP contribution in [0.5, 0.6) is 5.75 Å². The van der Waals surface area contributed by atoms with Gasteiger partial charge in [0.25, 0.3) is 5.91 Å². The summed E-state index contributed by atoms with van der Waals surface area (Å²) in [4.78, 5) is 40.5. The molecule has 2 amide bonds. The van der Waals surface area contributed by atoms with E-state index < -0.39 is 24.0 Å². The molecule has 0 aliphatic heterocycles. The van der Waals surface area contributed by atoms with Gasteiger partial charge in [0.15, 0.2) is 0 Å². The van der Waals surface area contributed by atoms with Gasteiger partial charge in [0.1, 0.15) is 17.6 Å². The Balaban J connectivity index is 1.83. The summed E-state index contributed by atoms with van der Waals surface area (Å²) in [5.74, 6) is -0.364. The van der Waals surface area contributed by atoms with Crippen LogP contribution in [0, 0.1) is 0 Å². The van der Waals surface area contributed by atoms with Crippen LogP contribution in [0.4, 0.5) is 0 Å². The number of furan rings is 1. The second-order valence-corrected chi connectivity index (χ2v) is 9.83. The summed E-state index contributed by atoms with van der Waals surface area (Å²) in [7, 11) is 1.60. The van der Waals surface area contributed by atoms with Crippen LogP contribution in [-0.4, -0.2) is 61.6 Å². The highest BCUT2D eigenvalue weighted by molar-refractivity contribution is 6.03. The van der Waals surface area contributed by atoms with Crippen LogP contribution >= 0.6 is 0 Å². The molecule has 220 valence electrons. The van der Waals surface area contributed by atoms with Gasteiger partial charge in [-0.15, -0.1) is 0 Å². The van der Waals surface area contributed by atoms with E-state index in [0.717, 1.165) is 24.2 Å².